The maximum atomic E-state index is 6.25. The molecule has 5 heterocycles. The molecule has 1 aromatic carbocycles. The van der Waals surface area contributed by atoms with Gasteiger partial charge in [0.2, 0.25) is 0 Å². The number of thiophene rings is 1. The highest BCUT2D eigenvalue weighted by Crippen LogP contribution is 2.44. The summed E-state index contributed by atoms with van der Waals surface area (Å²) in [5, 5.41) is 17.8. The molecular formula is C27H32N6O2S. The van der Waals surface area contributed by atoms with Crippen molar-refractivity contribution in [3.8, 4) is 0 Å². The van der Waals surface area contributed by atoms with E-state index in [0.717, 1.165) is 77.6 Å². The molecule has 3 aromatic heterocycles. The zero-order chi connectivity index (χ0) is 24.7. The predicted octanol–water partition coefficient (Wildman–Crippen LogP) is 4.76. The molecule has 0 unspecified atom stereocenters. The second kappa shape index (κ2) is 9.53. The van der Waals surface area contributed by atoms with Crippen molar-refractivity contribution in [1.82, 2.24) is 20.4 Å². The third-order valence-electron chi connectivity index (χ3n) is 7.12. The topological polar surface area (TPSA) is 85.3 Å². The van der Waals surface area contributed by atoms with E-state index in [1.54, 1.807) is 11.3 Å². The molecule has 36 heavy (non-hydrogen) atoms. The summed E-state index contributed by atoms with van der Waals surface area (Å²) in [7, 11) is 0. The maximum absolute atomic E-state index is 6.25. The van der Waals surface area contributed by atoms with Gasteiger partial charge in [0, 0.05) is 36.5 Å². The molecule has 4 aromatic rings. The van der Waals surface area contributed by atoms with Gasteiger partial charge < -0.3 is 19.7 Å². The Morgan fingerprint density at radius 1 is 1.11 bits per heavy atom. The van der Waals surface area contributed by atoms with Crippen LogP contribution in [0.3, 0.4) is 0 Å². The number of rotatable bonds is 6. The summed E-state index contributed by atoms with van der Waals surface area (Å²) in [4.78, 5) is 8.51. The van der Waals surface area contributed by atoms with Crippen molar-refractivity contribution in [2.24, 2.45) is 0 Å². The van der Waals surface area contributed by atoms with Crippen LogP contribution in [-0.2, 0) is 28.9 Å². The second-order valence-corrected chi connectivity index (χ2v) is 11.4. The summed E-state index contributed by atoms with van der Waals surface area (Å²) in [5.41, 5.74) is 4.44. The number of ether oxygens (including phenoxy) is 2. The summed E-state index contributed by atoms with van der Waals surface area (Å²) in [6, 6.07) is 10.8. The molecule has 0 amide bonds. The summed E-state index contributed by atoms with van der Waals surface area (Å²) in [6.45, 7) is 10.2. The highest BCUT2D eigenvalue weighted by Gasteiger charge is 2.33. The first-order chi connectivity index (χ1) is 17.5. The average Bonchev–Trinajstić information content (AvgIpc) is 3.27. The van der Waals surface area contributed by atoms with Gasteiger partial charge in [-0.3, -0.25) is 0 Å². The van der Waals surface area contributed by atoms with Crippen molar-refractivity contribution >= 4 is 43.4 Å². The van der Waals surface area contributed by atoms with Gasteiger partial charge in [-0.1, -0.05) is 30.3 Å². The molecule has 1 atom stereocenters. The quantitative estimate of drug-likeness (QED) is 0.403. The number of aromatic nitrogens is 4. The molecule has 1 N–H and O–H groups in total. The van der Waals surface area contributed by atoms with Crippen LogP contribution in [0.1, 0.15) is 43.9 Å². The van der Waals surface area contributed by atoms with E-state index < -0.39 is 0 Å². The fraction of sp³-hybridized carbons (Fsp3) is 0.481. The van der Waals surface area contributed by atoms with Crippen molar-refractivity contribution in [2.75, 3.05) is 36.5 Å². The molecule has 0 bridgehead atoms. The predicted molar refractivity (Wildman–Crippen MR) is 144 cm³/mol. The molecule has 2 aliphatic rings. The Morgan fingerprint density at radius 3 is 2.72 bits per heavy atom. The standard InChI is InChI=1S/C27H32N6O2S/c1-17(9-10-18-7-5-4-6-8-18)28-24-23-22(30-32-31-24)21-19-15-27(2,3)35-16-20(19)25(29-26(21)36-23)33-11-13-34-14-12-33/h4-8,17H,9-16H2,1-3H3,(H,28,30,31)/t17-/m1/s1. The van der Waals surface area contributed by atoms with E-state index in [1.165, 1.54) is 16.7 Å². The van der Waals surface area contributed by atoms with Crippen LogP contribution in [0.5, 0.6) is 0 Å². The van der Waals surface area contributed by atoms with Crippen molar-refractivity contribution in [3.05, 3.63) is 47.0 Å². The largest absolute Gasteiger partial charge is 0.378 e. The molecule has 1 saturated heterocycles. The molecule has 2 aliphatic heterocycles. The first-order valence-electron chi connectivity index (χ1n) is 12.7. The lowest BCUT2D eigenvalue weighted by molar-refractivity contribution is -0.0396. The number of aryl methyl sites for hydroxylation is 1. The van der Waals surface area contributed by atoms with Crippen molar-refractivity contribution in [1.29, 1.82) is 0 Å². The summed E-state index contributed by atoms with van der Waals surface area (Å²) >= 11 is 1.66. The summed E-state index contributed by atoms with van der Waals surface area (Å²) in [5.74, 6) is 1.81. The molecule has 8 nitrogen and oxygen atoms in total. The molecule has 9 heteroatoms. The number of pyridine rings is 1. The van der Waals surface area contributed by atoms with Crippen molar-refractivity contribution in [2.45, 2.75) is 58.3 Å². The summed E-state index contributed by atoms with van der Waals surface area (Å²) < 4.78 is 12.9. The Labute approximate surface area is 215 Å². The zero-order valence-electron chi connectivity index (χ0n) is 21.1. The van der Waals surface area contributed by atoms with Crippen LogP contribution in [0.15, 0.2) is 30.3 Å². The monoisotopic (exact) mass is 504 g/mol. The number of anilines is 2. The smallest absolute Gasteiger partial charge is 0.170 e. The molecule has 0 spiro atoms. The molecule has 188 valence electrons. The third-order valence-corrected chi connectivity index (χ3v) is 8.20. The van der Waals surface area contributed by atoms with Gasteiger partial charge in [-0.2, -0.15) is 0 Å². The number of hydrogen-bond acceptors (Lipinski definition) is 9. The van der Waals surface area contributed by atoms with Crippen LogP contribution in [0.2, 0.25) is 0 Å². The van der Waals surface area contributed by atoms with Crippen molar-refractivity contribution < 1.29 is 9.47 Å². The van der Waals surface area contributed by atoms with Gasteiger partial charge in [0.15, 0.2) is 5.82 Å². The lowest BCUT2D eigenvalue weighted by atomic mass is 9.90. The van der Waals surface area contributed by atoms with Gasteiger partial charge in [0.05, 0.1) is 25.4 Å². The van der Waals surface area contributed by atoms with Crippen LogP contribution in [0.25, 0.3) is 20.4 Å². The Morgan fingerprint density at radius 2 is 1.92 bits per heavy atom. The SMILES string of the molecule is C[C@H](CCc1ccccc1)Nc1nnnc2c1sc1nc(N3CCOCC3)c3c(c12)CC(C)(C)OC3. The fourth-order valence-electron chi connectivity index (χ4n) is 5.18. The number of benzene rings is 1. The van der Waals surface area contributed by atoms with E-state index in [4.69, 9.17) is 14.5 Å². The number of fused-ring (bicyclic) bond motifs is 5. The van der Waals surface area contributed by atoms with Gasteiger partial charge in [0.1, 0.15) is 20.9 Å². The number of hydrogen-bond donors (Lipinski definition) is 1. The highest BCUT2D eigenvalue weighted by molar-refractivity contribution is 7.26. The minimum absolute atomic E-state index is 0.244. The van der Waals surface area contributed by atoms with Gasteiger partial charge >= 0.3 is 0 Å². The Balaban J connectivity index is 1.39. The maximum Gasteiger partial charge on any atom is 0.170 e. The molecule has 0 saturated carbocycles. The van der Waals surface area contributed by atoms with Crippen LogP contribution in [-0.4, -0.2) is 58.3 Å². The van der Waals surface area contributed by atoms with Gasteiger partial charge in [-0.25, -0.2) is 4.98 Å². The summed E-state index contributed by atoms with van der Waals surface area (Å²) in [6.07, 6.45) is 2.82. The van der Waals surface area contributed by atoms with E-state index in [2.05, 4.69) is 76.7 Å². The number of nitrogens with one attached hydrogen (secondary N) is 1. The van der Waals surface area contributed by atoms with E-state index in [-0.39, 0.29) is 11.6 Å². The Hall–Kier alpha value is -2.88. The Kier molecular flexibility index (Phi) is 6.23. The minimum atomic E-state index is -0.245. The fourth-order valence-corrected chi connectivity index (χ4v) is 6.26. The molecule has 6 rings (SSSR count). The van der Waals surface area contributed by atoms with Crippen LogP contribution < -0.4 is 10.2 Å². The lowest BCUT2D eigenvalue weighted by Crippen LogP contribution is -2.39. The number of nitrogens with zero attached hydrogens (tertiary/aromatic N) is 5. The highest BCUT2D eigenvalue weighted by atomic mass is 32.1. The minimum Gasteiger partial charge on any atom is -0.378 e. The van der Waals surface area contributed by atoms with Gasteiger partial charge in [-0.05, 0) is 50.0 Å². The van der Waals surface area contributed by atoms with Crippen molar-refractivity contribution in [3.63, 3.8) is 0 Å². The lowest BCUT2D eigenvalue weighted by Gasteiger charge is -2.36. The van der Waals surface area contributed by atoms with Gasteiger partial charge in [-0.15, -0.1) is 21.5 Å². The van der Waals surface area contributed by atoms with Gasteiger partial charge in [0.25, 0.3) is 0 Å². The third kappa shape index (κ3) is 4.51. The van der Waals surface area contributed by atoms with Crippen LogP contribution in [0, 0.1) is 0 Å². The molecule has 0 radical (unpaired) electrons. The molecule has 1 fully saturated rings. The van der Waals surface area contributed by atoms with Crippen LogP contribution >= 0.6 is 11.3 Å². The van der Waals surface area contributed by atoms with E-state index >= 15 is 0 Å². The van der Waals surface area contributed by atoms with E-state index in [9.17, 15) is 0 Å². The van der Waals surface area contributed by atoms with E-state index in [0.29, 0.717) is 6.61 Å². The molecular weight excluding hydrogens is 472 g/mol. The normalized spacial score (nSPS) is 18.4. The Bertz CT molecular complexity index is 1380. The first-order valence-corrected chi connectivity index (χ1v) is 13.5. The van der Waals surface area contributed by atoms with E-state index in [1.807, 2.05) is 0 Å². The average molecular weight is 505 g/mol. The zero-order valence-corrected chi connectivity index (χ0v) is 21.9. The number of morpholine rings is 1. The first kappa shape index (κ1) is 23.5. The van der Waals surface area contributed by atoms with Crippen LogP contribution in [0.4, 0.5) is 11.6 Å². The second-order valence-electron chi connectivity index (χ2n) is 10.4. The molecule has 0 aliphatic carbocycles.